The molecule has 12 heteroatoms. The van der Waals surface area contributed by atoms with Crippen molar-refractivity contribution < 1.29 is 4.79 Å². The van der Waals surface area contributed by atoms with E-state index in [1.165, 1.54) is 11.3 Å². The Hall–Kier alpha value is -3.25. The molecular formula is C21H28N10OS. The minimum absolute atomic E-state index is 0.0537. The van der Waals surface area contributed by atoms with Crippen LogP contribution in [0.2, 0.25) is 0 Å². The van der Waals surface area contributed by atoms with Crippen molar-refractivity contribution in [2.24, 2.45) is 0 Å². The molecule has 0 unspecified atom stereocenters. The van der Waals surface area contributed by atoms with Gasteiger partial charge in [0, 0.05) is 51.9 Å². The van der Waals surface area contributed by atoms with Crippen molar-refractivity contribution in [3.8, 4) is 0 Å². The Labute approximate surface area is 196 Å². The van der Waals surface area contributed by atoms with Gasteiger partial charge in [0.2, 0.25) is 5.95 Å². The molecule has 3 aromatic heterocycles. The van der Waals surface area contributed by atoms with E-state index < -0.39 is 0 Å². The van der Waals surface area contributed by atoms with Crippen LogP contribution in [-0.4, -0.2) is 82.7 Å². The van der Waals surface area contributed by atoms with E-state index >= 15 is 0 Å². The number of carbonyl (C=O) groups is 1. The number of fused-ring (bicyclic) bond motifs is 1. The summed E-state index contributed by atoms with van der Waals surface area (Å²) in [6, 6.07) is 1.97. The van der Waals surface area contributed by atoms with Gasteiger partial charge < -0.3 is 31.1 Å². The molecule has 2 aliphatic heterocycles. The van der Waals surface area contributed by atoms with Gasteiger partial charge in [-0.3, -0.25) is 0 Å². The summed E-state index contributed by atoms with van der Waals surface area (Å²) in [6.07, 6.45) is 1.76. The van der Waals surface area contributed by atoms with Crippen molar-refractivity contribution in [1.82, 2.24) is 30.2 Å². The van der Waals surface area contributed by atoms with Crippen molar-refractivity contribution >= 4 is 51.0 Å². The molecule has 3 aromatic rings. The number of carbonyl (C=O) groups excluding carboxylic acids is 1. The highest BCUT2D eigenvalue weighted by Crippen LogP contribution is 2.29. The highest BCUT2D eigenvalue weighted by atomic mass is 32.1. The highest BCUT2D eigenvalue weighted by Gasteiger charge is 2.30. The smallest absolute Gasteiger partial charge is 0.322 e. The molecule has 5 rings (SSSR count). The minimum Gasteiger partial charge on any atom is -0.368 e. The first kappa shape index (κ1) is 21.6. The fraction of sp³-hybridized carbons (Fsp3) is 0.476. The molecule has 33 heavy (non-hydrogen) atoms. The molecule has 0 spiro atoms. The number of aryl methyl sites for hydroxylation is 1. The molecule has 1 atom stereocenters. The number of anilines is 4. The number of nitrogen functional groups attached to an aromatic ring is 1. The molecule has 11 nitrogen and oxygen atoms in total. The molecular weight excluding hydrogens is 440 g/mol. The summed E-state index contributed by atoms with van der Waals surface area (Å²) in [5.41, 5.74) is 10.2. The molecule has 174 valence electrons. The van der Waals surface area contributed by atoms with E-state index in [2.05, 4.69) is 47.3 Å². The van der Waals surface area contributed by atoms with Gasteiger partial charge in [-0.15, -0.1) is 11.3 Å². The molecule has 0 aliphatic carbocycles. The van der Waals surface area contributed by atoms with Crippen molar-refractivity contribution in [3.05, 3.63) is 23.3 Å². The van der Waals surface area contributed by atoms with Gasteiger partial charge in [0.05, 0.1) is 17.4 Å². The Morgan fingerprint density at radius 1 is 1.21 bits per heavy atom. The van der Waals surface area contributed by atoms with Gasteiger partial charge in [-0.1, -0.05) is 0 Å². The zero-order chi connectivity index (χ0) is 22.9. The lowest BCUT2D eigenvalue weighted by molar-refractivity contribution is 0.200. The zero-order valence-electron chi connectivity index (χ0n) is 18.8. The van der Waals surface area contributed by atoms with E-state index in [1.807, 2.05) is 17.9 Å². The summed E-state index contributed by atoms with van der Waals surface area (Å²) >= 11 is 1.44. The molecule has 0 aromatic carbocycles. The number of aromatic nitrogens is 4. The van der Waals surface area contributed by atoms with E-state index in [-0.39, 0.29) is 18.0 Å². The lowest BCUT2D eigenvalue weighted by atomic mass is 10.2. The Balaban J connectivity index is 1.25. The molecule has 0 radical (unpaired) electrons. The second kappa shape index (κ2) is 8.94. The zero-order valence-corrected chi connectivity index (χ0v) is 19.6. The van der Waals surface area contributed by atoms with Crippen molar-refractivity contribution in [3.63, 3.8) is 0 Å². The predicted molar refractivity (Wildman–Crippen MR) is 131 cm³/mol. The number of amides is 2. The third-order valence-electron chi connectivity index (χ3n) is 6.16. The summed E-state index contributed by atoms with van der Waals surface area (Å²) in [7, 11) is 0. The van der Waals surface area contributed by atoms with Crippen LogP contribution in [0, 0.1) is 6.92 Å². The topological polar surface area (TPSA) is 128 Å². The van der Waals surface area contributed by atoms with Crippen molar-refractivity contribution in [2.75, 3.05) is 66.7 Å². The van der Waals surface area contributed by atoms with E-state index in [1.54, 1.807) is 11.7 Å². The predicted octanol–water partition coefficient (Wildman–Crippen LogP) is 1.52. The van der Waals surface area contributed by atoms with Crippen LogP contribution >= 0.6 is 11.3 Å². The number of hydrogen-bond acceptors (Lipinski definition) is 10. The molecule has 2 aliphatic rings. The number of rotatable bonds is 3. The average Bonchev–Trinajstić information content (AvgIpc) is 3.29. The van der Waals surface area contributed by atoms with E-state index in [0.29, 0.717) is 19.6 Å². The summed E-state index contributed by atoms with van der Waals surface area (Å²) in [5, 5.41) is 6.39. The summed E-state index contributed by atoms with van der Waals surface area (Å²) in [4.78, 5) is 37.7. The van der Waals surface area contributed by atoms with Crippen LogP contribution < -0.4 is 26.2 Å². The third-order valence-corrected chi connectivity index (χ3v) is 6.88. The highest BCUT2D eigenvalue weighted by molar-refractivity contribution is 7.16. The standard InChI is InChI=1S/C21H28N10OS/c1-13-9-16(29-5-3-23-4-6-29)24-10-15(13)26-21(32)30-7-8-31(14(2)11-30)18-17-19(33-12-25-17)28-20(22)27-18/h9-10,12,14,23H,3-8,11H2,1-2H3,(H,26,32)(H2,22,27,28)/t14-/m0/s1. The van der Waals surface area contributed by atoms with Gasteiger partial charge in [0.25, 0.3) is 0 Å². The normalized spacial score (nSPS) is 19.2. The van der Waals surface area contributed by atoms with Crippen LogP contribution in [-0.2, 0) is 0 Å². The maximum atomic E-state index is 13.0. The van der Waals surface area contributed by atoms with Crippen LogP contribution in [0.3, 0.4) is 0 Å². The van der Waals surface area contributed by atoms with Gasteiger partial charge in [0.1, 0.15) is 11.3 Å². The maximum absolute atomic E-state index is 13.0. The van der Waals surface area contributed by atoms with Crippen molar-refractivity contribution in [2.45, 2.75) is 19.9 Å². The average molecular weight is 469 g/mol. The number of thiazole rings is 1. The fourth-order valence-electron chi connectivity index (χ4n) is 4.35. The quantitative estimate of drug-likeness (QED) is 0.524. The van der Waals surface area contributed by atoms with E-state index in [9.17, 15) is 4.79 Å². The Morgan fingerprint density at radius 2 is 2.03 bits per heavy atom. The number of urea groups is 1. The van der Waals surface area contributed by atoms with E-state index in [0.717, 1.165) is 59.4 Å². The van der Waals surface area contributed by atoms with Crippen LogP contribution in [0.15, 0.2) is 17.8 Å². The monoisotopic (exact) mass is 468 g/mol. The SMILES string of the molecule is Cc1cc(N2CCNCC2)ncc1NC(=O)N1CCN(c2nc(N)nc3scnc23)[C@@H](C)C1. The molecule has 2 amide bonds. The second-order valence-corrected chi connectivity index (χ2v) is 9.26. The van der Waals surface area contributed by atoms with Gasteiger partial charge in [0.15, 0.2) is 10.6 Å². The Bertz CT molecular complexity index is 1160. The number of piperazine rings is 2. The van der Waals surface area contributed by atoms with Gasteiger partial charge in [-0.05, 0) is 25.5 Å². The number of hydrogen-bond donors (Lipinski definition) is 3. The third kappa shape index (κ3) is 4.35. The summed E-state index contributed by atoms with van der Waals surface area (Å²) in [6.45, 7) is 9.63. The first-order valence-corrected chi connectivity index (χ1v) is 12.0. The Kier molecular flexibility index (Phi) is 5.85. The Morgan fingerprint density at radius 3 is 2.79 bits per heavy atom. The largest absolute Gasteiger partial charge is 0.368 e. The molecule has 2 saturated heterocycles. The maximum Gasteiger partial charge on any atom is 0.322 e. The lowest BCUT2D eigenvalue weighted by Crippen LogP contribution is -2.55. The second-order valence-electron chi connectivity index (χ2n) is 8.42. The van der Waals surface area contributed by atoms with Gasteiger partial charge in [-0.25, -0.2) is 19.7 Å². The number of nitrogens with zero attached hydrogens (tertiary/aromatic N) is 7. The number of pyridine rings is 1. The van der Waals surface area contributed by atoms with Gasteiger partial charge in [-0.2, -0.15) is 4.98 Å². The number of nitrogens with two attached hydrogens (primary N) is 1. The van der Waals surface area contributed by atoms with Crippen LogP contribution in [0.25, 0.3) is 10.3 Å². The van der Waals surface area contributed by atoms with Crippen LogP contribution in [0.4, 0.5) is 28.1 Å². The summed E-state index contributed by atoms with van der Waals surface area (Å²) in [5.74, 6) is 1.92. The fourth-order valence-corrected chi connectivity index (χ4v) is 5.01. The lowest BCUT2D eigenvalue weighted by Gasteiger charge is -2.40. The summed E-state index contributed by atoms with van der Waals surface area (Å²) < 4.78 is 0. The molecule has 2 fully saturated rings. The van der Waals surface area contributed by atoms with Crippen molar-refractivity contribution in [1.29, 1.82) is 0 Å². The number of nitrogens with one attached hydrogen (secondary N) is 2. The van der Waals surface area contributed by atoms with Gasteiger partial charge >= 0.3 is 6.03 Å². The molecule has 0 saturated carbocycles. The molecule has 5 heterocycles. The van der Waals surface area contributed by atoms with Crippen LogP contribution in [0.5, 0.6) is 0 Å². The van der Waals surface area contributed by atoms with Crippen LogP contribution in [0.1, 0.15) is 12.5 Å². The first-order valence-electron chi connectivity index (χ1n) is 11.1. The molecule has 0 bridgehead atoms. The molecule has 4 N–H and O–H groups in total. The van der Waals surface area contributed by atoms with E-state index in [4.69, 9.17) is 5.73 Å². The first-order chi connectivity index (χ1) is 16.0. The minimum atomic E-state index is -0.123.